The number of hydrogen-bond acceptors (Lipinski definition) is 2. The van der Waals surface area contributed by atoms with E-state index < -0.39 is 0 Å². The fourth-order valence-corrected chi connectivity index (χ4v) is 4.71. The molecule has 2 bridgehead atoms. The Morgan fingerprint density at radius 2 is 1.25 bits per heavy atom. The quantitative estimate of drug-likeness (QED) is 0.845. The molecule has 0 aliphatic heterocycles. The van der Waals surface area contributed by atoms with Gasteiger partial charge in [-0.3, -0.25) is 9.59 Å². The average Bonchev–Trinajstić information content (AvgIpc) is 3.24. The lowest BCUT2D eigenvalue weighted by molar-refractivity contribution is -0.124. The molecule has 0 heterocycles. The van der Waals surface area contributed by atoms with Gasteiger partial charge in [0.2, 0.25) is 0 Å². The molecule has 2 heteroatoms. The Morgan fingerprint density at radius 1 is 0.667 bits per heavy atom. The highest BCUT2D eigenvalue weighted by atomic mass is 16.1. The maximum absolute atomic E-state index is 12.9. The summed E-state index contributed by atoms with van der Waals surface area (Å²) in [5.74, 6) is -0.289. The third kappa shape index (κ3) is 1.71. The zero-order valence-corrected chi connectivity index (χ0v) is 13.1. The van der Waals surface area contributed by atoms with Crippen LogP contribution in [-0.4, -0.2) is 11.6 Å². The van der Waals surface area contributed by atoms with Gasteiger partial charge in [0.25, 0.3) is 0 Å². The molecule has 1 fully saturated rings. The Balaban J connectivity index is 1.60. The van der Waals surface area contributed by atoms with E-state index in [1.807, 2.05) is 60.7 Å². The van der Waals surface area contributed by atoms with E-state index in [4.69, 9.17) is 0 Å². The minimum atomic E-state index is -0.271. The molecule has 2 aromatic rings. The number of benzene rings is 2. The van der Waals surface area contributed by atoms with Crippen molar-refractivity contribution in [2.45, 2.75) is 0 Å². The van der Waals surface area contributed by atoms with Crippen LogP contribution in [0.5, 0.6) is 0 Å². The molecule has 2 nitrogen and oxygen atoms in total. The van der Waals surface area contributed by atoms with E-state index in [0.29, 0.717) is 0 Å². The molecule has 24 heavy (non-hydrogen) atoms. The second kappa shape index (κ2) is 4.88. The molecule has 3 aliphatic rings. The predicted molar refractivity (Wildman–Crippen MR) is 92.8 cm³/mol. The van der Waals surface area contributed by atoms with Crippen LogP contribution in [-0.2, 0) is 9.59 Å². The zero-order valence-electron chi connectivity index (χ0n) is 13.1. The van der Waals surface area contributed by atoms with Gasteiger partial charge in [-0.1, -0.05) is 66.7 Å². The normalized spacial score (nSPS) is 30.3. The molecule has 0 aromatic heterocycles. The molecular formula is C22H16O2. The maximum atomic E-state index is 12.9. The predicted octanol–water partition coefficient (Wildman–Crippen LogP) is 3.80. The first-order valence-corrected chi connectivity index (χ1v) is 8.37. The molecule has 3 aliphatic carbocycles. The molecule has 0 saturated heterocycles. The smallest absolute Gasteiger partial charge is 0.160 e. The van der Waals surface area contributed by atoms with E-state index in [1.54, 1.807) is 6.08 Å². The molecule has 0 amide bonds. The lowest BCUT2D eigenvalue weighted by atomic mass is 9.76. The third-order valence-electron chi connectivity index (χ3n) is 5.66. The van der Waals surface area contributed by atoms with Crippen LogP contribution < -0.4 is 0 Å². The Bertz CT molecular complexity index is 906. The van der Waals surface area contributed by atoms with Gasteiger partial charge in [-0.15, -0.1) is 0 Å². The Hall–Kier alpha value is -2.74. The van der Waals surface area contributed by atoms with Gasteiger partial charge in [0, 0.05) is 17.8 Å². The second-order valence-corrected chi connectivity index (χ2v) is 6.81. The minimum Gasteiger partial charge on any atom is -0.298 e. The summed E-state index contributed by atoms with van der Waals surface area (Å²) in [7, 11) is 0. The molecule has 0 unspecified atom stereocenters. The Morgan fingerprint density at radius 3 is 1.88 bits per heavy atom. The first-order chi connectivity index (χ1) is 11.8. The Labute approximate surface area is 140 Å². The van der Waals surface area contributed by atoms with Gasteiger partial charge in [0.05, 0.1) is 5.92 Å². The van der Waals surface area contributed by atoms with Crippen LogP contribution in [0.4, 0.5) is 0 Å². The van der Waals surface area contributed by atoms with Crippen LogP contribution >= 0.6 is 0 Å². The summed E-state index contributed by atoms with van der Waals surface area (Å²) >= 11 is 0. The molecule has 2 aromatic carbocycles. The summed E-state index contributed by atoms with van der Waals surface area (Å²) in [5, 5.41) is 0. The summed E-state index contributed by atoms with van der Waals surface area (Å²) in [4.78, 5) is 25.6. The van der Waals surface area contributed by atoms with E-state index in [2.05, 4.69) is 6.08 Å². The van der Waals surface area contributed by atoms with Gasteiger partial charge in [-0.05, 0) is 28.3 Å². The lowest BCUT2D eigenvalue weighted by Crippen LogP contribution is -2.24. The highest BCUT2D eigenvalue weighted by molar-refractivity contribution is 6.16. The third-order valence-corrected chi connectivity index (χ3v) is 5.66. The highest BCUT2D eigenvalue weighted by Gasteiger charge is 2.60. The molecule has 116 valence electrons. The van der Waals surface area contributed by atoms with Crippen LogP contribution in [0.15, 0.2) is 72.8 Å². The van der Waals surface area contributed by atoms with Gasteiger partial charge in [0.15, 0.2) is 5.78 Å². The molecule has 0 radical (unpaired) electrons. The second-order valence-electron chi connectivity index (χ2n) is 6.81. The number of ketones is 2. The molecule has 0 N–H and O–H groups in total. The van der Waals surface area contributed by atoms with Crippen molar-refractivity contribution in [2.75, 3.05) is 0 Å². The van der Waals surface area contributed by atoms with Crippen LogP contribution in [0.2, 0.25) is 0 Å². The van der Waals surface area contributed by atoms with Crippen molar-refractivity contribution in [1.29, 1.82) is 0 Å². The fourth-order valence-electron chi connectivity index (χ4n) is 4.71. The molecule has 0 spiro atoms. The van der Waals surface area contributed by atoms with Gasteiger partial charge in [-0.2, -0.15) is 0 Å². The SMILES string of the molecule is O=C1C=C(c2ccccc2)[C@H]2[C@@H]1[C@@H]1C(=O)[C@H]2C=C1c1ccccc1. The van der Waals surface area contributed by atoms with E-state index >= 15 is 0 Å². The van der Waals surface area contributed by atoms with E-state index in [-0.39, 0.29) is 35.2 Å². The summed E-state index contributed by atoms with van der Waals surface area (Å²) in [6.45, 7) is 0. The zero-order chi connectivity index (χ0) is 16.3. The number of fused-ring (bicyclic) bond motifs is 5. The van der Waals surface area contributed by atoms with Crippen LogP contribution in [0.1, 0.15) is 11.1 Å². The van der Waals surface area contributed by atoms with E-state index in [0.717, 1.165) is 22.3 Å². The molecule has 5 rings (SSSR count). The van der Waals surface area contributed by atoms with Gasteiger partial charge in [0.1, 0.15) is 5.78 Å². The van der Waals surface area contributed by atoms with Crippen molar-refractivity contribution in [2.24, 2.45) is 23.7 Å². The van der Waals surface area contributed by atoms with Crippen LogP contribution in [0.25, 0.3) is 11.1 Å². The fraction of sp³-hybridized carbons (Fsp3) is 0.182. The van der Waals surface area contributed by atoms with Gasteiger partial charge >= 0.3 is 0 Å². The number of carbonyl (C=O) groups excluding carboxylic acids is 2. The monoisotopic (exact) mass is 312 g/mol. The lowest BCUT2D eigenvalue weighted by Gasteiger charge is -2.25. The van der Waals surface area contributed by atoms with Crippen LogP contribution in [0, 0.1) is 23.7 Å². The highest BCUT2D eigenvalue weighted by Crippen LogP contribution is 2.59. The van der Waals surface area contributed by atoms with Crippen molar-refractivity contribution in [1.82, 2.24) is 0 Å². The number of allylic oxidation sites excluding steroid dienone is 4. The van der Waals surface area contributed by atoms with Gasteiger partial charge in [-0.25, -0.2) is 0 Å². The summed E-state index contributed by atoms with van der Waals surface area (Å²) in [5.41, 5.74) is 4.21. The number of carbonyl (C=O) groups is 2. The van der Waals surface area contributed by atoms with Crippen molar-refractivity contribution in [3.05, 3.63) is 83.9 Å². The first kappa shape index (κ1) is 13.7. The van der Waals surface area contributed by atoms with Crippen molar-refractivity contribution in [3.8, 4) is 0 Å². The minimum absolute atomic E-state index is 0.0184. The first-order valence-electron chi connectivity index (χ1n) is 8.37. The number of Topliss-reactive ketones (excluding diaryl/α,β-unsaturated/α-hetero) is 1. The molecular weight excluding hydrogens is 296 g/mol. The summed E-state index contributed by atoms with van der Waals surface area (Å²) in [6, 6.07) is 20.0. The number of rotatable bonds is 2. The van der Waals surface area contributed by atoms with E-state index in [9.17, 15) is 9.59 Å². The van der Waals surface area contributed by atoms with Gasteiger partial charge < -0.3 is 0 Å². The van der Waals surface area contributed by atoms with Crippen molar-refractivity contribution < 1.29 is 9.59 Å². The topological polar surface area (TPSA) is 34.1 Å². The Kier molecular flexibility index (Phi) is 2.78. The van der Waals surface area contributed by atoms with E-state index in [1.165, 1.54) is 0 Å². The molecule has 4 atom stereocenters. The number of hydrogen-bond donors (Lipinski definition) is 0. The summed E-state index contributed by atoms with van der Waals surface area (Å²) in [6.07, 6.45) is 3.89. The summed E-state index contributed by atoms with van der Waals surface area (Å²) < 4.78 is 0. The largest absolute Gasteiger partial charge is 0.298 e. The molecule has 1 saturated carbocycles. The standard InChI is InChI=1S/C22H16O2/c23-18-12-16(14-9-5-2-6-10-14)19-17-11-15(13-7-3-1-4-8-13)20(21(18)19)22(17)24/h1-12,17,19-21H/t17-,19+,20+,21+/m0/s1. The van der Waals surface area contributed by atoms with Crippen molar-refractivity contribution >= 4 is 22.7 Å². The average molecular weight is 312 g/mol. The van der Waals surface area contributed by atoms with Crippen LogP contribution in [0.3, 0.4) is 0 Å². The maximum Gasteiger partial charge on any atom is 0.160 e. The van der Waals surface area contributed by atoms with Crippen molar-refractivity contribution in [3.63, 3.8) is 0 Å².